The van der Waals surface area contributed by atoms with Gasteiger partial charge < -0.3 is 10.6 Å². The minimum atomic E-state index is -0.186. The third-order valence-corrected chi connectivity index (χ3v) is 4.78. The van der Waals surface area contributed by atoms with Crippen LogP contribution in [-0.2, 0) is 24.2 Å². The number of carbonyl (C=O) groups excluding carboxylic acids is 1. The van der Waals surface area contributed by atoms with Gasteiger partial charge in [-0.3, -0.25) is 4.79 Å². The number of thiazole rings is 1. The minimum Gasteiger partial charge on any atom is -0.301 e. The first-order valence-corrected chi connectivity index (χ1v) is 8.06. The van der Waals surface area contributed by atoms with Crippen molar-refractivity contribution >= 4 is 34.8 Å². The van der Waals surface area contributed by atoms with Crippen LogP contribution in [0.3, 0.4) is 0 Å². The van der Waals surface area contributed by atoms with Gasteiger partial charge in [0, 0.05) is 11.4 Å². The Balaban J connectivity index is 0.00000176. The van der Waals surface area contributed by atoms with Crippen LogP contribution in [0.15, 0.2) is 24.3 Å². The van der Waals surface area contributed by atoms with Crippen LogP contribution in [0.1, 0.15) is 28.6 Å². The molecule has 118 valence electrons. The molecule has 0 bridgehead atoms. The molecule has 0 fully saturated rings. The smallest absolute Gasteiger partial charge is 0.243 e. The number of nitrogens with zero attached hydrogens (tertiary/aromatic N) is 1. The highest BCUT2D eigenvalue weighted by molar-refractivity contribution is 7.15. The molecule has 1 atom stereocenters. The number of aromatic nitrogens is 1. The maximum atomic E-state index is 12.4. The molecule has 0 aliphatic carbocycles. The van der Waals surface area contributed by atoms with Gasteiger partial charge in [-0.25, -0.2) is 4.98 Å². The number of aryl methyl sites for hydroxylation is 2. The van der Waals surface area contributed by atoms with E-state index in [4.69, 9.17) is 0 Å². The zero-order chi connectivity index (χ0) is 14.8. The van der Waals surface area contributed by atoms with Gasteiger partial charge in [0.2, 0.25) is 5.91 Å². The van der Waals surface area contributed by atoms with E-state index in [-0.39, 0.29) is 24.4 Å². The average Bonchev–Trinajstić information content (AvgIpc) is 2.86. The molecule has 0 saturated heterocycles. The summed E-state index contributed by atoms with van der Waals surface area (Å²) in [4.78, 5) is 18.0. The van der Waals surface area contributed by atoms with Crippen molar-refractivity contribution in [1.29, 1.82) is 0 Å². The van der Waals surface area contributed by atoms with E-state index in [2.05, 4.69) is 34.7 Å². The van der Waals surface area contributed by atoms with Crippen molar-refractivity contribution in [3.63, 3.8) is 0 Å². The van der Waals surface area contributed by atoms with Gasteiger partial charge in [-0.2, -0.15) is 0 Å². The van der Waals surface area contributed by atoms with Crippen molar-refractivity contribution in [2.24, 2.45) is 0 Å². The predicted octanol–water partition coefficient (Wildman–Crippen LogP) is 3.09. The van der Waals surface area contributed by atoms with Crippen LogP contribution < -0.4 is 10.6 Å². The number of halogens is 1. The van der Waals surface area contributed by atoms with Gasteiger partial charge in [0.15, 0.2) is 5.13 Å². The van der Waals surface area contributed by atoms with Gasteiger partial charge in [0.1, 0.15) is 0 Å². The molecule has 1 aliphatic rings. The molecule has 1 unspecified atom stereocenters. The van der Waals surface area contributed by atoms with Crippen LogP contribution in [-0.4, -0.2) is 16.9 Å². The van der Waals surface area contributed by atoms with Crippen LogP contribution in [0.25, 0.3) is 0 Å². The van der Waals surface area contributed by atoms with Crippen molar-refractivity contribution in [3.8, 4) is 0 Å². The summed E-state index contributed by atoms with van der Waals surface area (Å²) >= 11 is 1.55. The normalized spacial score (nSPS) is 16.5. The van der Waals surface area contributed by atoms with Crippen LogP contribution in [0, 0.1) is 6.92 Å². The lowest BCUT2D eigenvalue weighted by Gasteiger charge is -2.24. The molecule has 2 aromatic rings. The summed E-state index contributed by atoms with van der Waals surface area (Å²) in [5.74, 6) is 0.000839. The van der Waals surface area contributed by atoms with E-state index in [0.717, 1.165) is 25.1 Å². The predicted molar refractivity (Wildman–Crippen MR) is 92.9 cm³/mol. The molecule has 22 heavy (non-hydrogen) atoms. The highest BCUT2D eigenvalue weighted by Crippen LogP contribution is 2.23. The molecular formula is C16H20ClN3OS. The lowest BCUT2D eigenvalue weighted by molar-refractivity contribution is -0.118. The number of fused-ring (bicyclic) bond motifs is 1. The molecule has 0 saturated carbocycles. The number of benzene rings is 1. The van der Waals surface area contributed by atoms with Gasteiger partial charge in [0.25, 0.3) is 0 Å². The molecule has 1 aromatic heterocycles. The number of carbonyl (C=O) groups is 1. The molecule has 1 aliphatic heterocycles. The zero-order valence-electron chi connectivity index (χ0n) is 12.7. The Kier molecular flexibility index (Phi) is 5.56. The Morgan fingerprint density at radius 1 is 1.41 bits per heavy atom. The second kappa shape index (κ2) is 7.22. The topological polar surface area (TPSA) is 54.0 Å². The maximum Gasteiger partial charge on any atom is 0.243 e. The van der Waals surface area contributed by atoms with Gasteiger partial charge in [0.05, 0.1) is 11.7 Å². The highest BCUT2D eigenvalue weighted by atomic mass is 35.5. The average molecular weight is 338 g/mol. The van der Waals surface area contributed by atoms with Crippen molar-refractivity contribution in [2.75, 3.05) is 5.32 Å². The molecule has 0 spiro atoms. The van der Waals surface area contributed by atoms with E-state index >= 15 is 0 Å². The van der Waals surface area contributed by atoms with Crippen molar-refractivity contribution in [3.05, 3.63) is 46.0 Å². The molecular weight excluding hydrogens is 318 g/mol. The third-order valence-electron chi connectivity index (χ3n) is 3.86. The number of nitrogens with one attached hydrogen (secondary N) is 2. The Labute approximate surface area is 140 Å². The first-order valence-electron chi connectivity index (χ1n) is 7.24. The molecule has 0 radical (unpaired) electrons. The van der Waals surface area contributed by atoms with Crippen molar-refractivity contribution in [1.82, 2.24) is 10.3 Å². The number of hydrogen-bond acceptors (Lipinski definition) is 4. The van der Waals surface area contributed by atoms with Gasteiger partial charge in [-0.05, 0) is 30.9 Å². The van der Waals surface area contributed by atoms with Gasteiger partial charge >= 0.3 is 0 Å². The number of amides is 1. The van der Waals surface area contributed by atoms with E-state index in [0.29, 0.717) is 5.13 Å². The molecule has 1 amide bonds. The second-order valence-corrected chi connectivity index (χ2v) is 6.47. The summed E-state index contributed by atoms with van der Waals surface area (Å²) in [6.45, 7) is 4.86. The highest BCUT2D eigenvalue weighted by Gasteiger charge is 2.24. The Hall–Kier alpha value is -1.43. The van der Waals surface area contributed by atoms with E-state index < -0.39 is 0 Å². The summed E-state index contributed by atoms with van der Waals surface area (Å²) in [5.41, 5.74) is 3.60. The Morgan fingerprint density at radius 3 is 2.82 bits per heavy atom. The largest absolute Gasteiger partial charge is 0.301 e. The number of rotatable bonds is 3. The SMILES string of the molecule is CCc1nc(NC(=O)C2Cc3ccccc3CN2)sc1C.Cl. The number of anilines is 1. The second-order valence-electron chi connectivity index (χ2n) is 5.27. The number of hydrogen-bond donors (Lipinski definition) is 2. The van der Waals surface area contributed by atoms with Gasteiger partial charge in [-0.15, -0.1) is 23.7 Å². The standard InChI is InChI=1S/C16H19N3OS.ClH/c1-3-13-10(2)21-16(18-13)19-15(20)14-8-11-6-4-5-7-12(11)9-17-14;/h4-7,14,17H,3,8-9H2,1-2H3,(H,18,19,20);1H. The summed E-state index contributed by atoms with van der Waals surface area (Å²) in [6, 6.07) is 8.07. The Bertz CT molecular complexity index is 671. The molecule has 2 N–H and O–H groups in total. The Morgan fingerprint density at radius 2 is 2.14 bits per heavy atom. The van der Waals surface area contributed by atoms with Crippen LogP contribution in [0.2, 0.25) is 0 Å². The fraction of sp³-hybridized carbons (Fsp3) is 0.375. The zero-order valence-corrected chi connectivity index (χ0v) is 14.3. The summed E-state index contributed by atoms with van der Waals surface area (Å²) < 4.78 is 0. The van der Waals surface area contributed by atoms with E-state index in [9.17, 15) is 4.79 Å². The molecule has 1 aromatic carbocycles. The van der Waals surface area contributed by atoms with E-state index in [1.54, 1.807) is 11.3 Å². The third kappa shape index (κ3) is 3.48. The first-order chi connectivity index (χ1) is 10.2. The summed E-state index contributed by atoms with van der Waals surface area (Å²) in [5, 5.41) is 6.94. The fourth-order valence-electron chi connectivity index (χ4n) is 2.64. The molecule has 6 heteroatoms. The van der Waals surface area contributed by atoms with E-state index in [1.807, 2.05) is 19.1 Å². The van der Waals surface area contributed by atoms with Crippen molar-refractivity contribution in [2.45, 2.75) is 39.3 Å². The summed E-state index contributed by atoms with van der Waals surface area (Å²) in [7, 11) is 0. The lowest BCUT2D eigenvalue weighted by Crippen LogP contribution is -2.44. The fourth-order valence-corrected chi connectivity index (χ4v) is 3.55. The molecule has 4 nitrogen and oxygen atoms in total. The monoisotopic (exact) mass is 337 g/mol. The lowest BCUT2D eigenvalue weighted by atomic mass is 9.95. The first kappa shape index (κ1) is 16.9. The van der Waals surface area contributed by atoms with E-state index in [1.165, 1.54) is 16.0 Å². The van der Waals surface area contributed by atoms with Crippen LogP contribution >= 0.6 is 23.7 Å². The molecule has 3 rings (SSSR count). The van der Waals surface area contributed by atoms with Crippen molar-refractivity contribution < 1.29 is 4.79 Å². The van der Waals surface area contributed by atoms with Gasteiger partial charge in [-0.1, -0.05) is 31.2 Å². The molecule has 2 heterocycles. The van der Waals surface area contributed by atoms with Crippen LogP contribution in [0.4, 0.5) is 5.13 Å². The quantitative estimate of drug-likeness (QED) is 0.905. The maximum absolute atomic E-state index is 12.4. The van der Waals surface area contributed by atoms with Crippen LogP contribution in [0.5, 0.6) is 0 Å². The summed E-state index contributed by atoms with van der Waals surface area (Å²) in [6.07, 6.45) is 1.63. The minimum absolute atomic E-state index is 0.